The van der Waals surface area contributed by atoms with Crippen LogP contribution in [0.5, 0.6) is 0 Å². The van der Waals surface area contributed by atoms with E-state index in [4.69, 9.17) is 0 Å². The third-order valence-corrected chi connectivity index (χ3v) is 8.32. The summed E-state index contributed by atoms with van der Waals surface area (Å²) in [5.74, 6) is 0. The topological polar surface area (TPSA) is 9.86 Å². The molecule has 0 bridgehead atoms. The van der Waals surface area contributed by atoms with E-state index in [1.54, 1.807) is 0 Å². The molecular formula is C37H34N2. The normalized spacial score (nSPS) is 11.8. The van der Waals surface area contributed by atoms with E-state index in [9.17, 15) is 0 Å². The quantitative estimate of drug-likeness (QED) is 0.150. The molecule has 192 valence electrons. The zero-order valence-corrected chi connectivity index (χ0v) is 22.8. The summed E-state index contributed by atoms with van der Waals surface area (Å²) in [6.07, 6.45) is 10.8. The highest BCUT2D eigenvalue weighted by atomic mass is 15.0. The molecule has 0 amide bonds. The Morgan fingerprint density at radius 2 is 1.08 bits per heavy atom. The van der Waals surface area contributed by atoms with Gasteiger partial charge in [-0.05, 0) is 101 Å². The van der Waals surface area contributed by atoms with Crippen LogP contribution in [0.3, 0.4) is 0 Å². The average Bonchev–Trinajstić information content (AvgIpc) is 3.60. The fourth-order valence-corrected chi connectivity index (χ4v) is 6.32. The molecule has 0 saturated heterocycles. The van der Waals surface area contributed by atoms with E-state index in [1.807, 2.05) is 0 Å². The number of hydrogen-bond acceptors (Lipinski definition) is 0. The molecule has 0 radical (unpaired) electrons. The number of hydrogen-bond donors (Lipinski definition) is 0. The molecule has 0 saturated carbocycles. The highest BCUT2D eigenvalue weighted by molar-refractivity contribution is 6.21. The lowest BCUT2D eigenvalue weighted by molar-refractivity contribution is 0.667. The summed E-state index contributed by atoms with van der Waals surface area (Å²) in [6.45, 7) is 4.42. The largest absolute Gasteiger partial charge is 0.317 e. The van der Waals surface area contributed by atoms with Crippen molar-refractivity contribution in [1.82, 2.24) is 9.13 Å². The van der Waals surface area contributed by atoms with Crippen molar-refractivity contribution in [3.05, 3.63) is 121 Å². The average molecular weight is 507 g/mol. The van der Waals surface area contributed by atoms with Crippen molar-refractivity contribution in [3.8, 4) is 11.4 Å². The Labute approximate surface area is 230 Å². The molecule has 7 aromatic rings. The molecule has 2 aromatic heterocycles. The first-order valence-electron chi connectivity index (χ1n) is 14.3. The summed E-state index contributed by atoms with van der Waals surface area (Å²) in [4.78, 5) is 0. The summed E-state index contributed by atoms with van der Waals surface area (Å²) in [5, 5.41) is 7.84. The minimum atomic E-state index is 1.15. The van der Waals surface area contributed by atoms with Crippen LogP contribution < -0.4 is 0 Å². The molecule has 0 atom stereocenters. The van der Waals surface area contributed by atoms with Gasteiger partial charge in [0, 0.05) is 34.5 Å². The Hall–Kier alpha value is -4.30. The van der Waals surface area contributed by atoms with Crippen molar-refractivity contribution in [3.63, 3.8) is 0 Å². The maximum absolute atomic E-state index is 2.37. The maximum atomic E-state index is 2.37. The Balaban J connectivity index is 1.31. The van der Waals surface area contributed by atoms with Crippen molar-refractivity contribution in [2.24, 2.45) is 0 Å². The van der Waals surface area contributed by atoms with Crippen molar-refractivity contribution >= 4 is 43.4 Å². The molecule has 5 aromatic carbocycles. The van der Waals surface area contributed by atoms with Crippen molar-refractivity contribution < 1.29 is 0 Å². The Bertz CT molecular complexity index is 1970. The summed E-state index contributed by atoms with van der Waals surface area (Å²) in [6, 6.07) is 36.2. The van der Waals surface area contributed by atoms with Crippen LogP contribution in [0, 0.1) is 6.92 Å². The van der Waals surface area contributed by atoms with Gasteiger partial charge >= 0.3 is 0 Å². The summed E-state index contributed by atoms with van der Waals surface area (Å²) in [7, 11) is 0. The molecule has 2 nitrogen and oxygen atoms in total. The van der Waals surface area contributed by atoms with Gasteiger partial charge in [0.2, 0.25) is 0 Å². The molecule has 2 heteroatoms. The smallest absolute Gasteiger partial charge is 0.0534 e. The summed E-state index contributed by atoms with van der Waals surface area (Å²) in [5.41, 5.74) is 7.66. The molecule has 7 rings (SSSR count). The molecule has 0 fully saturated rings. The highest BCUT2D eigenvalue weighted by Gasteiger charge is 2.12. The van der Waals surface area contributed by atoms with Gasteiger partial charge < -0.3 is 9.13 Å². The van der Waals surface area contributed by atoms with Gasteiger partial charge in [0.25, 0.3) is 0 Å². The maximum Gasteiger partial charge on any atom is 0.0534 e. The third kappa shape index (κ3) is 4.12. The molecular weight excluding hydrogens is 472 g/mol. The molecule has 0 spiro atoms. The third-order valence-electron chi connectivity index (χ3n) is 8.32. The van der Waals surface area contributed by atoms with E-state index < -0.39 is 0 Å². The van der Waals surface area contributed by atoms with Crippen LogP contribution in [0.15, 0.2) is 109 Å². The molecule has 0 aliphatic heterocycles. The fraction of sp³-hybridized carbons (Fsp3) is 0.189. The predicted molar refractivity (Wildman–Crippen MR) is 168 cm³/mol. The Morgan fingerprint density at radius 3 is 1.69 bits per heavy atom. The van der Waals surface area contributed by atoms with Gasteiger partial charge in [-0.3, -0.25) is 0 Å². The van der Waals surface area contributed by atoms with Crippen LogP contribution in [0.2, 0.25) is 0 Å². The van der Waals surface area contributed by atoms with Crippen molar-refractivity contribution in [1.29, 1.82) is 0 Å². The van der Waals surface area contributed by atoms with Crippen molar-refractivity contribution in [2.45, 2.75) is 46.0 Å². The number of fused-ring (bicyclic) bond motifs is 7. The standard InChI is InChI=1S/C37H34N2/c1-3-4-5-6-10-27-11-8-13-29(25-27)39-23-21-35-33-15-14-32-30(31(33)17-19-37(35)39)16-18-36-34(32)20-22-38(36)28-12-7-9-26(2)24-28/h7-9,11-25H,3-6,10H2,1-2H3. The second kappa shape index (κ2) is 9.78. The predicted octanol–water partition coefficient (Wildman–Crippen LogP) is 10.3. The number of nitrogens with zero attached hydrogens (tertiary/aromatic N) is 2. The van der Waals surface area contributed by atoms with Crippen molar-refractivity contribution in [2.75, 3.05) is 0 Å². The molecule has 0 aliphatic rings. The number of aromatic nitrogens is 2. The van der Waals surface area contributed by atoms with E-state index in [1.165, 1.54) is 91.5 Å². The molecule has 0 aliphatic carbocycles. The van der Waals surface area contributed by atoms with E-state index >= 15 is 0 Å². The van der Waals surface area contributed by atoms with Gasteiger partial charge in [-0.2, -0.15) is 0 Å². The first-order chi connectivity index (χ1) is 19.2. The monoisotopic (exact) mass is 506 g/mol. The van der Waals surface area contributed by atoms with Gasteiger partial charge in [0.1, 0.15) is 0 Å². The van der Waals surface area contributed by atoms with E-state index in [-0.39, 0.29) is 0 Å². The number of aryl methyl sites for hydroxylation is 2. The number of rotatable bonds is 7. The van der Waals surface area contributed by atoms with Gasteiger partial charge in [0.05, 0.1) is 11.0 Å². The van der Waals surface area contributed by atoms with Crippen LogP contribution in [-0.2, 0) is 6.42 Å². The molecule has 0 N–H and O–H groups in total. The summed E-state index contributed by atoms with van der Waals surface area (Å²) < 4.78 is 4.65. The van der Waals surface area contributed by atoms with Gasteiger partial charge in [-0.1, -0.05) is 74.7 Å². The van der Waals surface area contributed by atoms with Gasteiger partial charge in [0.15, 0.2) is 0 Å². The van der Waals surface area contributed by atoms with Crippen LogP contribution in [0.4, 0.5) is 0 Å². The lowest BCUT2D eigenvalue weighted by Crippen LogP contribution is -1.94. The minimum Gasteiger partial charge on any atom is -0.317 e. The number of unbranched alkanes of at least 4 members (excludes halogenated alkanes) is 3. The molecule has 39 heavy (non-hydrogen) atoms. The van der Waals surface area contributed by atoms with Crippen LogP contribution in [0.25, 0.3) is 54.7 Å². The SMILES string of the molecule is CCCCCCc1cccc(-n2ccc3c4ccc5c(ccc6c5ccn6-c5cccc(C)c5)c4ccc32)c1. The minimum absolute atomic E-state index is 1.15. The zero-order chi connectivity index (χ0) is 26.3. The Morgan fingerprint density at radius 1 is 0.513 bits per heavy atom. The van der Waals surface area contributed by atoms with Crippen LogP contribution >= 0.6 is 0 Å². The van der Waals surface area contributed by atoms with Gasteiger partial charge in [-0.15, -0.1) is 0 Å². The van der Waals surface area contributed by atoms with E-state index in [0.717, 1.165) is 6.42 Å². The summed E-state index contributed by atoms with van der Waals surface area (Å²) >= 11 is 0. The van der Waals surface area contributed by atoms with Crippen LogP contribution in [0.1, 0.15) is 43.7 Å². The Kier molecular flexibility index (Phi) is 5.97. The fourth-order valence-electron chi connectivity index (χ4n) is 6.32. The second-order valence-electron chi connectivity index (χ2n) is 10.9. The first-order valence-corrected chi connectivity index (χ1v) is 14.3. The van der Waals surface area contributed by atoms with E-state index in [2.05, 4.69) is 132 Å². The molecule has 2 heterocycles. The highest BCUT2D eigenvalue weighted by Crippen LogP contribution is 2.36. The number of benzene rings is 5. The zero-order valence-electron chi connectivity index (χ0n) is 22.8. The van der Waals surface area contributed by atoms with Crippen LogP contribution in [-0.4, -0.2) is 9.13 Å². The van der Waals surface area contributed by atoms with E-state index in [0.29, 0.717) is 0 Å². The lowest BCUT2D eigenvalue weighted by Gasteiger charge is -2.11. The first kappa shape index (κ1) is 23.8. The molecule has 0 unspecified atom stereocenters. The lowest BCUT2D eigenvalue weighted by atomic mass is 9.97. The second-order valence-corrected chi connectivity index (χ2v) is 10.9. The van der Waals surface area contributed by atoms with Gasteiger partial charge in [-0.25, -0.2) is 0 Å².